The Balaban J connectivity index is 2.87. The van der Waals surface area contributed by atoms with E-state index >= 15 is 0 Å². The molecule has 0 heterocycles. The molecule has 0 aliphatic heterocycles. The highest BCUT2D eigenvalue weighted by atomic mass is 79.9. The van der Waals surface area contributed by atoms with Crippen molar-refractivity contribution in [3.8, 4) is 5.75 Å². The molecular weight excluding hydrogens is 258 g/mol. The van der Waals surface area contributed by atoms with E-state index in [0.717, 1.165) is 4.47 Å². The Morgan fingerprint density at radius 1 is 1.67 bits per heavy atom. The number of benzene rings is 1. The standard InChI is InChI=1S/C11H12BrNO2/c1-3-7(2)13-11(15)9-5-4-8(12)6-10(9)14/h3-7,14H,1H2,2H3,(H,13,15). The number of amides is 1. The fraction of sp³-hybridized carbons (Fsp3) is 0.182. The van der Waals surface area contributed by atoms with Gasteiger partial charge in [-0.05, 0) is 25.1 Å². The molecule has 3 nitrogen and oxygen atoms in total. The summed E-state index contributed by atoms with van der Waals surface area (Å²) < 4.78 is 0.730. The Bertz CT molecular complexity index is 390. The van der Waals surface area contributed by atoms with Gasteiger partial charge in [-0.1, -0.05) is 22.0 Å². The quantitative estimate of drug-likeness (QED) is 0.829. The van der Waals surface area contributed by atoms with E-state index in [1.165, 1.54) is 6.07 Å². The summed E-state index contributed by atoms with van der Waals surface area (Å²) in [4.78, 5) is 11.6. The third kappa shape index (κ3) is 3.09. The highest BCUT2D eigenvalue weighted by Crippen LogP contribution is 2.22. The van der Waals surface area contributed by atoms with Gasteiger partial charge in [0.15, 0.2) is 0 Å². The Labute approximate surface area is 96.9 Å². The smallest absolute Gasteiger partial charge is 0.255 e. The Morgan fingerprint density at radius 3 is 2.87 bits per heavy atom. The normalized spacial score (nSPS) is 11.9. The molecule has 1 atom stereocenters. The minimum Gasteiger partial charge on any atom is -0.507 e. The molecule has 0 saturated heterocycles. The largest absolute Gasteiger partial charge is 0.507 e. The Kier molecular flexibility index (Phi) is 3.91. The van der Waals surface area contributed by atoms with E-state index in [1.54, 1.807) is 25.1 Å². The van der Waals surface area contributed by atoms with Crippen LogP contribution < -0.4 is 5.32 Å². The molecule has 1 rings (SSSR count). The molecule has 2 N–H and O–H groups in total. The van der Waals surface area contributed by atoms with Gasteiger partial charge in [0, 0.05) is 10.5 Å². The van der Waals surface area contributed by atoms with Gasteiger partial charge in [-0.3, -0.25) is 4.79 Å². The number of carbonyl (C=O) groups excluding carboxylic acids is 1. The van der Waals surface area contributed by atoms with E-state index in [0.29, 0.717) is 0 Å². The van der Waals surface area contributed by atoms with Crippen molar-refractivity contribution < 1.29 is 9.90 Å². The highest BCUT2D eigenvalue weighted by Gasteiger charge is 2.12. The van der Waals surface area contributed by atoms with Crippen molar-refractivity contribution in [2.24, 2.45) is 0 Å². The van der Waals surface area contributed by atoms with Crippen molar-refractivity contribution in [1.29, 1.82) is 0 Å². The molecule has 1 aromatic rings. The van der Waals surface area contributed by atoms with Gasteiger partial charge in [-0.25, -0.2) is 0 Å². The molecule has 0 aliphatic carbocycles. The lowest BCUT2D eigenvalue weighted by atomic mass is 10.2. The summed E-state index contributed by atoms with van der Waals surface area (Å²) in [6.07, 6.45) is 1.62. The molecule has 0 aromatic heterocycles. The van der Waals surface area contributed by atoms with Gasteiger partial charge in [0.25, 0.3) is 5.91 Å². The molecule has 0 fully saturated rings. The number of halogens is 1. The van der Waals surface area contributed by atoms with E-state index in [2.05, 4.69) is 27.8 Å². The van der Waals surface area contributed by atoms with Crippen LogP contribution in [0.25, 0.3) is 0 Å². The summed E-state index contributed by atoms with van der Waals surface area (Å²) in [5.41, 5.74) is 0.256. The van der Waals surface area contributed by atoms with Gasteiger partial charge in [-0.2, -0.15) is 0 Å². The average Bonchev–Trinajstić information content (AvgIpc) is 2.17. The minimum absolute atomic E-state index is 0.0434. The van der Waals surface area contributed by atoms with Crippen LogP contribution in [0.4, 0.5) is 0 Å². The van der Waals surface area contributed by atoms with Crippen molar-refractivity contribution in [2.45, 2.75) is 13.0 Å². The lowest BCUT2D eigenvalue weighted by Crippen LogP contribution is -2.30. The van der Waals surface area contributed by atoms with Crippen molar-refractivity contribution in [3.63, 3.8) is 0 Å². The molecule has 0 radical (unpaired) electrons. The number of hydrogen-bond acceptors (Lipinski definition) is 2. The first-order valence-corrected chi connectivity index (χ1v) is 5.26. The first-order chi connectivity index (χ1) is 7.04. The second-order valence-electron chi connectivity index (χ2n) is 3.16. The lowest BCUT2D eigenvalue weighted by molar-refractivity contribution is 0.0944. The third-order valence-corrected chi connectivity index (χ3v) is 2.41. The van der Waals surface area contributed by atoms with Gasteiger partial charge in [0.05, 0.1) is 5.56 Å². The molecule has 15 heavy (non-hydrogen) atoms. The topological polar surface area (TPSA) is 49.3 Å². The second kappa shape index (κ2) is 4.98. The monoisotopic (exact) mass is 269 g/mol. The fourth-order valence-electron chi connectivity index (χ4n) is 1.04. The van der Waals surface area contributed by atoms with Gasteiger partial charge in [0.2, 0.25) is 0 Å². The van der Waals surface area contributed by atoms with Crippen LogP contribution >= 0.6 is 15.9 Å². The van der Waals surface area contributed by atoms with Gasteiger partial charge >= 0.3 is 0 Å². The molecule has 0 bridgehead atoms. The summed E-state index contributed by atoms with van der Waals surface area (Å²) in [6.45, 7) is 5.37. The number of rotatable bonds is 3. The van der Waals surface area contributed by atoms with Crippen molar-refractivity contribution >= 4 is 21.8 Å². The lowest BCUT2D eigenvalue weighted by Gasteiger charge is -2.10. The number of carbonyl (C=O) groups is 1. The predicted octanol–water partition coefficient (Wildman–Crippen LogP) is 2.46. The number of nitrogens with one attached hydrogen (secondary N) is 1. The van der Waals surface area contributed by atoms with Crippen LogP contribution in [0, 0.1) is 0 Å². The summed E-state index contributed by atoms with van der Waals surface area (Å²) in [5.74, 6) is -0.356. The summed E-state index contributed by atoms with van der Waals surface area (Å²) in [6, 6.07) is 4.62. The van der Waals surface area contributed by atoms with Crippen LogP contribution in [0.1, 0.15) is 17.3 Å². The fourth-order valence-corrected chi connectivity index (χ4v) is 1.39. The minimum atomic E-state index is -0.313. The second-order valence-corrected chi connectivity index (χ2v) is 4.07. The van der Waals surface area contributed by atoms with Crippen LogP contribution in [0.15, 0.2) is 35.3 Å². The molecule has 0 aliphatic rings. The van der Waals surface area contributed by atoms with E-state index in [1.807, 2.05) is 0 Å². The summed E-state index contributed by atoms with van der Waals surface area (Å²) >= 11 is 3.20. The maximum atomic E-state index is 11.6. The zero-order chi connectivity index (χ0) is 11.4. The molecule has 0 saturated carbocycles. The molecule has 1 aromatic carbocycles. The van der Waals surface area contributed by atoms with Crippen LogP contribution in [-0.4, -0.2) is 17.1 Å². The van der Waals surface area contributed by atoms with Crippen molar-refractivity contribution in [2.75, 3.05) is 0 Å². The first kappa shape index (κ1) is 11.8. The van der Waals surface area contributed by atoms with Crippen molar-refractivity contribution in [1.82, 2.24) is 5.32 Å². The van der Waals surface area contributed by atoms with Gasteiger partial charge in [-0.15, -0.1) is 6.58 Å². The number of phenols is 1. The number of hydrogen-bond donors (Lipinski definition) is 2. The average molecular weight is 270 g/mol. The summed E-state index contributed by atoms with van der Waals surface area (Å²) in [7, 11) is 0. The van der Waals surface area contributed by atoms with Crippen LogP contribution in [0.5, 0.6) is 5.75 Å². The van der Waals surface area contributed by atoms with Crippen LogP contribution in [0.3, 0.4) is 0 Å². The Hall–Kier alpha value is -1.29. The first-order valence-electron chi connectivity index (χ1n) is 4.46. The summed E-state index contributed by atoms with van der Waals surface area (Å²) in [5, 5.41) is 12.2. The zero-order valence-electron chi connectivity index (χ0n) is 8.33. The van der Waals surface area contributed by atoms with Gasteiger partial charge < -0.3 is 10.4 Å². The van der Waals surface area contributed by atoms with E-state index in [9.17, 15) is 9.90 Å². The molecule has 4 heteroatoms. The van der Waals surface area contributed by atoms with Gasteiger partial charge in [0.1, 0.15) is 5.75 Å². The molecule has 1 unspecified atom stereocenters. The Morgan fingerprint density at radius 2 is 2.33 bits per heavy atom. The highest BCUT2D eigenvalue weighted by molar-refractivity contribution is 9.10. The SMILES string of the molecule is C=CC(C)NC(=O)c1ccc(Br)cc1O. The molecule has 1 amide bonds. The van der Waals surface area contributed by atoms with Crippen LogP contribution in [0.2, 0.25) is 0 Å². The maximum absolute atomic E-state index is 11.6. The number of aromatic hydroxyl groups is 1. The van der Waals surface area contributed by atoms with E-state index in [-0.39, 0.29) is 23.3 Å². The van der Waals surface area contributed by atoms with E-state index in [4.69, 9.17) is 0 Å². The third-order valence-electron chi connectivity index (χ3n) is 1.92. The number of phenolic OH excluding ortho intramolecular Hbond substituents is 1. The molecule has 80 valence electrons. The van der Waals surface area contributed by atoms with E-state index < -0.39 is 0 Å². The predicted molar refractivity (Wildman–Crippen MR) is 62.9 cm³/mol. The molecule has 0 spiro atoms. The zero-order valence-corrected chi connectivity index (χ0v) is 9.91. The molecular formula is C11H12BrNO2. The maximum Gasteiger partial charge on any atom is 0.255 e. The van der Waals surface area contributed by atoms with Crippen LogP contribution in [-0.2, 0) is 0 Å². The van der Waals surface area contributed by atoms with Crippen molar-refractivity contribution in [3.05, 3.63) is 40.9 Å².